The minimum Gasteiger partial charge on any atom is -0.493 e. The number of hydrogen-bond donors (Lipinski definition) is 0. The Morgan fingerprint density at radius 3 is 2.64 bits per heavy atom. The lowest BCUT2D eigenvalue weighted by molar-refractivity contribution is -0.117. The van der Waals surface area contributed by atoms with Crippen molar-refractivity contribution in [2.45, 2.75) is 19.3 Å². The molecule has 1 amide bonds. The third-order valence-corrected chi connectivity index (χ3v) is 4.97. The van der Waals surface area contributed by atoms with E-state index in [0.717, 1.165) is 16.8 Å². The van der Waals surface area contributed by atoms with Gasteiger partial charge in [-0.3, -0.25) is 4.79 Å². The molecule has 0 N–H and O–H groups in total. The molecule has 3 aromatic rings. The van der Waals surface area contributed by atoms with Gasteiger partial charge in [-0.15, -0.1) is 0 Å². The Labute approximate surface area is 162 Å². The van der Waals surface area contributed by atoms with Crippen LogP contribution in [-0.2, 0) is 4.79 Å². The van der Waals surface area contributed by atoms with Crippen LogP contribution < -0.4 is 14.4 Å². The molecule has 1 aromatic heterocycles. The van der Waals surface area contributed by atoms with E-state index in [2.05, 4.69) is 10.1 Å². The Bertz CT molecular complexity index is 1010. The minimum atomic E-state index is -0.107. The second kappa shape index (κ2) is 7.34. The van der Waals surface area contributed by atoms with Crippen molar-refractivity contribution < 1.29 is 18.8 Å². The highest BCUT2D eigenvalue weighted by Gasteiger charge is 2.35. The standard InChI is InChI=1S/C21H21N3O4/c1-13-6-4-5-7-16(13)24-12-15(11-19(24)25)20-22-21(28-23-20)14-8-9-17(26-2)18(10-14)27-3/h4-10,15H,11-12H2,1-3H3. The molecule has 0 saturated carbocycles. The fourth-order valence-corrected chi connectivity index (χ4v) is 3.47. The molecule has 1 aliphatic rings. The van der Waals surface area contributed by atoms with E-state index in [1.165, 1.54) is 0 Å². The van der Waals surface area contributed by atoms with E-state index in [0.29, 0.717) is 36.2 Å². The predicted octanol–water partition coefficient (Wildman–Crippen LogP) is 3.58. The highest BCUT2D eigenvalue weighted by atomic mass is 16.5. The first-order chi connectivity index (χ1) is 13.6. The molecule has 2 heterocycles. The first kappa shape index (κ1) is 18.0. The number of nitrogens with zero attached hydrogens (tertiary/aromatic N) is 3. The van der Waals surface area contributed by atoms with Crippen molar-refractivity contribution in [1.29, 1.82) is 0 Å². The van der Waals surface area contributed by atoms with E-state index in [-0.39, 0.29) is 11.8 Å². The number of benzene rings is 2. The van der Waals surface area contributed by atoms with Crippen LogP contribution in [0.1, 0.15) is 23.7 Å². The van der Waals surface area contributed by atoms with Gasteiger partial charge in [-0.25, -0.2) is 0 Å². The SMILES string of the molecule is COc1ccc(-c2nc(C3CC(=O)N(c4ccccc4C)C3)no2)cc1OC. The fraction of sp³-hybridized carbons (Fsp3) is 0.286. The van der Waals surface area contributed by atoms with Crippen LogP contribution in [0.5, 0.6) is 11.5 Å². The lowest BCUT2D eigenvalue weighted by Gasteiger charge is -2.18. The minimum absolute atomic E-state index is 0.0665. The summed E-state index contributed by atoms with van der Waals surface area (Å²) in [4.78, 5) is 18.9. The molecule has 1 saturated heterocycles. The third-order valence-electron chi connectivity index (χ3n) is 4.97. The van der Waals surface area contributed by atoms with Gasteiger partial charge in [0.2, 0.25) is 5.91 Å². The Morgan fingerprint density at radius 1 is 1.11 bits per heavy atom. The summed E-state index contributed by atoms with van der Waals surface area (Å²) in [6.07, 6.45) is 0.360. The van der Waals surface area contributed by atoms with Crippen LogP contribution in [0.4, 0.5) is 5.69 Å². The number of anilines is 1. The molecule has 0 radical (unpaired) electrons. The first-order valence-corrected chi connectivity index (χ1v) is 9.02. The first-order valence-electron chi connectivity index (χ1n) is 9.02. The van der Waals surface area contributed by atoms with E-state index in [1.807, 2.05) is 37.3 Å². The number of aromatic nitrogens is 2. The number of rotatable bonds is 5. The number of aryl methyl sites for hydroxylation is 1. The maximum atomic E-state index is 12.6. The Hall–Kier alpha value is -3.35. The van der Waals surface area contributed by atoms with E-state index < -0.39 is 0 Å². The van der Waals surface area contributed by atoms with Crippen LogP contribution in [-0.4, -0.2) is 36.8 Å². The van der Waals surface area contributed by atoms with Crippen molar-refractivity contribution in [2.75, 3.05) is 25.7 Å². The monoisotopic (exact) mass is 379 g/mol. The van der Waals surface area contributed by atoms with E-state index in [4.69, 9.17) is 14.0 Å². The summed E-state index contributed by atoms with van der Waals surface area (Å²) in [5.41, 5.74) is 2.73. The van der Waals surface area contributed by atoms with Gasteiger partial charge in [0.25, 0.3) is 5.89 Å². The van der Waals surface area contributed by atoms with Crippen molar-refractivity contribution in [3.63, 3.8) is 0 Å². The van der Waals surface area contributed by atoms with Crippen LogP contribution in [0.3, 0.4) is 0 Å². The second-order valence-electron chi connectivity index (χ2n) is 6.72. The van der Waals surface area contributed by atoms with Gasteiger partial charge in [-0.1, -0.05) is 23.4 Å². The van der Waals surface area contributed by atoms with Crippen LogP contribution >= 0.6 is 0 Å². The van der Waals surface area contributed by atoms with Crippen molar-refractivity contribution in [3.05, 3.63) is 53.9 Å². The number of carbonyl (C=O) groups excluding carboxylic acids is 1. The normalized spacial score (nSPS) is 16.5. The van der Waals surface area contributed by atoms with Crippen LogP contribution in [0, 0.1) is 6.92 Å². The van der Waals surface area contributed by atoms with Crippen LogP contribution in [0.25, 0.3) is 11.5 Å². The van der Waals surface area contributed by atoms with Crippen LogP contribution in [0.15, 0.2) is 47.0 Å². The average molecular weight is 379 g/mol. The molecule has 1 fully saturated rings. The zero-order valence-electron chi connectivity index (χ0n) is 16.0. The van der Waals surface area contributed by atoms with Gasteiger partial charge in [0.05, 0.1) is 14.2 Å². The lowest BCUT2D eigenvalue weighted by Crippen LogP contribution is -2.25. The van der Waals surface area contributed by atoms with Crippen molar-refractivity contribution in [3.8, 4) is 23.0 Å². The number of ether oxygens (including phenoxy) is 2. The van der Waals surface area contributed by atoms with Gasteiger partial charge in [0.15, 0.2) is 17.3 Å². The molecule has 28 heavy (non-hydrogen) atoms. The van der Waals surface area contributed by atoms with E-state index >= 15 is 0 Å². The number of methoxy groups -OCH3 is 2. The number of carbonyl (C=O) groups is 1. The molecule has 0 spiro atoms. The molecule has 2 aromatic carbocycles. The summed E-state index contributed by atoms with van der Waals surface area (Å²) in [6.45, 7) is 2.54. The summed E-state index contributed by atoms with van der Waals surface area (Å²) in [5, 5.41) is 4.12. The largest absolute Gasteiger partial charge is 0.493 e. The van der Waals surface area contributed by atoms with Gasteiger partial charge >= 0.3 is 0 Å². The molecular formula is C21H21N3O4. The lowest BCUT2D eigenvalue weighted by atomic mass is 10.1. The zero-order chi connectivity index (χ0) is 19.7. The smallest absolute Gasteiger partial charge is 0.258 e. The molecular weight excluding hydrogens is 358 g/mol. The van der Waals surface area contributed by atoms with Crippen molar-refractivity contribution in [2.24, 2.45) is 0 Å². The maximum absolute atomic E-state index is 12.6. The Balaban J connectivity index is 1.57. The molecule has 0 aliphatic carbocycles. The quantitative estimate of drug-likeness (QED) is 0.674. The average Bonchev–Trinajstić information content (AvgIpc) is 3.35. The molecule has 1 unspecified atom stereocenters. The maximum Gasteiger partial charge on any atom is 0.258 e. The van der Waals surface area contributed by atoms with E-state index in [9.17, 15) is 4.79 Å². The molecule has 1 atom stereocenters. The summed E-state index contributed by atoms with van der Waals surface area (Å²) in [5.74, 6) is 2.09. The van der Waals surface area contributed by atoms with E-state index in [1.54, 1.807) is 31.3 Å². The van der Waals surface area contributed by atoms with Gasteiger partial charge in [-0.2, -0.15) is 4.98 Å². The van der Waals surface area contributed by atoms with Gasteiger partial charge in [-0.05, 0) is 36.8 Å². The van der Waals surface area contributed by atoms with Gasteiger partial charge < -0.3 is 18.9 Å². The molecule has 1 aliphatic heterocycles. The third kappa shape index (κ3) is 3.19. The number of hydrogen-bond acceptors (Lipinski definition) is 6. The molecule has 144 valence electrons. The summed E-state index contributed by atoms with van der Waals surface area (Å²) >= 11 is 0. The predicted molar refractivity (Wildman–Crippen MR) is 104 cm³/mol. The Kier molecular flexibility index (Phi) is 4.73. The highest BCUT2D eigenvalue weighted by Crippen LogP contribution is 2.35. The van der Waals surface area contributed by atoms with Gasteiger partial charge in [0.1, 0.15) is 0 Å². The van der Waals surface area contributed by atoms with Crippen molar-refractivity contribution >= 4 is 11.6 Å². The topological polar surface area (TPSA) is 77.7 Å². The summed E-state index contributed by atoms with van der Waals surface area (Å²) < 4.78 is 16.0. The zero-order valence-corrected chi connectivity index (χ0v) is 16.0. The summed E-state index contributed by atoms with van der Waals surface area (Å²) in [7, 11) is 3.16. The summed E-state index contributed by atoms with van der Waals surface area (Å²) in [6, 6.07) is 13.3. The molecule has 7 heteroatoms. The molecule has 0 bridgehead atoms. The van der Waals surface area contributed by atoms with Gasteiger partial charge in [0, 0.05) is 30.1 Å². The van der Waals surface area contributed by atoms with Crippen molar-refractivity contribution in [1.82, 2.24) is 10.1 Å². The fourth-order valence-electron chi connectivity index (χ4n) is 3.47. The second-order valence-corrected chi connectivity index (χ2v) is 6.72. The highest BCUT2D eigenvalue weighted by molar-refractivity contribution is 5.97. The number of amides is 1. The molecule has 4 rings (SSSR count). The molecule has 7 nitrogen and oxygen atoms in total. The Morgan fingerprint density at radius 2 is 1.89 bits per heavy atom. The van der Waals surface area contributed by atoms with Crippen LogP contribution in [0.2, 0.25) is 0 Å². The number of para-hydroxylation sites is 1.